The molecule has 15 heavy (non-hydrogen) atoms. The number of nitrogens with one attached hydrogen (secondary N) is 1. The van der Waals surface area contributed by atoms with Gasteiger partial charge in [0.15, 0.2) is 0 Å². The smallest absolute Gasteiger partial charge is 0.380 e. The van der Waals surface area contributed by atoms with Crippen LogP contribution in [-0.4, -0.2) is 32.0 Å². The lowest BCUT2D eigenvalue weighted by molar-refractivity contribution is -0.138. The van der Waals surface area contributed by atoms with Crippen molar-refractivity contribution in [3.63, 3.8) is 0 Å². The highest BCUT2D eigenvalue weighted by atomic mass is 19.4. The maximum atomic E-state index is 11.8. The zero-order valence-electron chi connectivity index (χ0n) is 8.78. The van der Waals surface area contributed by atoms with Gasteiger partial charge in [-0.05, 0) is 25.8 Å². The number of halogens is 3. The first-order valence-corrected chi connectivity index (χ1v) is 5.46. The molecule has 1 atom stereocenters. The van der Waals surface area contributed by atoms with E-state index in [4.69, 9.17) is 4.74 Å². The van der Waals surface area contributed by atoms with Gasteiger partial charge in [0.05, 0.1) is 6.61 Å². The number of piperidine rings is 1. The van der Waals surface area contributed by atoms with E-state index >= 15 is 0 Å². The van der Waals surface area contributed by atoms with E-state index in [0.717, 1.165) is 13.0 Å². The van der Waals surface area contributed by atoms with Crippen molar-refractivity contribution < 1.29 is 17.9 Å². The second-order valence-electron chi connectivity index (χ2n) is 3.94. The van der Waals surface area contributed by atoms with Gasteiger partial charge in [0.2, 0.25) is 0 Å². The summed E-state index contributed by atoms with van der Waals surface area (Å²) in [5, 5.41) is 3.28. The van der Waals surface area contributed by atoms with Crippen LogP contribution in [0.2, 0.25) is 0 Å². The molecule has 0 aromatic heterocycles. The number of ether oxygens (including phenoxy) is 1. The molecule has 0 spiro atoms. The topological polar surface area (TPSA) is 21.3 Å². The van der Waals surface area contributed by atoms with Crippen molar-refractivity contribution in [3.8, 4) is 0 Å². The molecule has 1 unspecified atom stereocenters. The second kappa shape index (κ2) is 6.33. The second-order valence-corrected chi connectivity index (χ2v) is 3.94. The molecular formula is C10H18F3NO. The van der Waals surface area contributed by atoms with Crippen LogP contribution in [0, 0.1) is 0 Å². The van der Waals surface area contributed by atoms with E-state index in [9.17, 15) is 13.2 Å². The lowest BCUT2D eigenvalue weighted by Crippen LogP contribution is -2.37. The minimum atomic E-state index is -4.05. The van der Waals surface area contributed by atoms with E-state index in [2.05, 4.69) is 5.32 Å². The zero-order chi connectivity index (χ0) is 11.1. The number of rotatable bonds is 5. The van der Waals surface area contributed by atoms with Crippen molar-refractivity contribution >= 4 is 0 Å². The zero-order valence-corrected chi connectivity index (χ0v) is 8.78. The third kappa shape index (κ3) is 6.73. The first-order valence-electron chi connectivity index (χ1n) is 5.46. The summed E-state index contributed by atoms with van der Waals surface area (Å²) in [4.78, 5) is 0. The molecule has 1 rings (SSSR count). The molecule has 5 heteroatoms. The Morgan fingerprint density at radius 3 is 2.67 bits per heavy atom. The average molecular weight is 225 g/mol. The summed E-state index contributed by atoms with van der Waals surface area (Å²) in [7, 11) is 0. The summed E-state index contributed by atoms with van der Waals surface area (Å²) in [6.07, 6.45) is -1.29. The van der Waals surface area contributed by atoms with Gasteiger partial charge in [-0.15, -0.1) is 0 Å². The third-order valence-corrected chi connectivity index (χ3v) is 2.48. The van der Waals surface area contributed by atoms with Crippen LogP contribution in [0.1, 0.15) is 32.1 Å². The van der Waals surface area contributed by atoms with Crippen LogP contribution >= 0.6 is 0 Å². The van der Waals surface area contributed by atoms with E-state index in [1.54, 1.807) is 0 Å². The quantitative estimate of drug-likeness (QED) is 0.726. The minimum Gasteiger partial charge on any atom is -0.380 e. The van der Waals surface area contributed by atoms with Crippen molar-refractivity contribution in [1.82, 2.24) is 5.32 Å². The maximum Gasteiger partial charge on any atom is 0.389 e. The fraction of sp³-hybridized carbons (Fsp3) is 1.00. The molecule has 1 aliphatic rings. The van der Waals surface area contributed by atoms with E-state index in [0.29, 0.717) is 12.6 Å². The Labute approximate surface area is 88.2 Å². The van der Waals surface area contributed by atoms with Crippen LogP contribution in [0.25, 0.3) is 0 Å². The fourth-order valence-corrected chi connectivity index (χ4v) is 1.67. The molecule has 0 aromatic carbocycles. The van der Waals surface area contributed by atoms with Gasteiger partial charge in [-0.2, -0.15) is 13.2 Å². The molecule has 0 radical (unpaired) electrons. The summed E-state index contributed by atoms with van der Waals surface area (Å²) in [5.74, 6) is 0. The summed E-state index contributed by atoms with van der Waals surface area (Å²) in [5.41, 5.74) is 0. The Hall–Kier alpha value is -0.290. The molecule has 0 aliphatic carbocycles. The van der Waals surface area contributed by atoms with E-state index in [1.807, 2.05) is 0 Å². The first kappa shape index (κ1) is 12.8. The average Bonchev–Trinajstić information content (AvgIpc) is 2.17. The Morgan fingerprint density at radius 2 is 2.07 bits per heavy atom. The van der Waals surface area contributed by atoms with Gasteiger partial charge in [0.25, 0.3) is 0 Å². The lowest BCUT2D eigenvalue weighted by Gasteiger charge is -2.23. The van der Waals surface area contributed by atoms with Crippen molar-refractivity contribution in [3.05, 3.63) is 0 Å². The monoisotopic (exact) mass is 225 g/mol. The van der Waals surface area contributed by atoms with Crippen LogP contribution in [0.4, 0.5) is 13.2 Å². The highest BCUT2D eigenvalue weighted by molar-refractivity contribution is 4.71. The molecule has 90 valence electrons. The predicted molar refractivity (Wildman–Crippen MR) is 51.7 cm³/mol. The highest BCUT2D eigenvalue weighted by Crippen LogP contribution is 2.21. The number of alkyl halides is 3. The summed E-state index contributed by atoms with van der Waals surface area (Å²) in [6.45, 7) is 1.74. The Morgan fingerprint density at radius 1 is 1.27 bits per heavy atom. The van der Waals surface area contributed by atoms with Crippen molar-refractivity contribution in [1.29, 1.82) is 0 Å². The molecule has 1 saturated heterocycles. The number of hydrogen-bond acceptors (Lipinski definition) is 2. The fourth-order valence-electron chi connectivity index (χ4n) is 1.67. The van der Waals surface area contributed by atoms with Gasteiger partial charge in [-0.25, -0.2) is 0 Å². The molecule has 1 heterocycles. The third-order valence-electron chi connectivity index (χ3n) is 2.48. The normalized spacial score (nSPS) is 23.0. The number of hydrogen-bond donors (Lipinski definition) is 1. The predicted octanol–water partition coefficient (Wildman–Crippen LogP) is 2.49. The van der Waals surface area contributed by atoms with Crippen LogP contribution in [0.5, 0.6) is 0 Å². The maximum absolute atomic E-state index is 11.8. The van der Waals surface area contributed by atoms with Gasteiger partial charge in [-0.1, -0.05) is 6.42 Å². The SMILES string of the molecule is FC(F)(F)CCCOCC1CCCCN1. The molecule has 1 aliphatic heterocycles. The van der Waals surface area contributed by atoms with E-state index < -0.39 is 12.6 Å². The van der Waals surface area contributed by atoms with Gasteiger partial charge >= 0.3 is 6.18 Å². The van der Waals surface area contributed by atoms with Crippen molar-refractivity contribution in [2.45, 2.75) is 44.3 Å². The van der Waals surface area contributed by atoms with E-state index in [-0.39, 0.29) is 13.0 Å². The minimum absolute atomic E-state index is 0.0657. The summed E-state index contributed by atoms with van der Waals surface area (Å²) >= 11 is 0. The molecule has 0 saturated carbocycles. The molecule has 1 fully saturated rings. The highest BCUT2D eigenvalue weighted by Gasteiger charge is 2.26. The van der Waals surface area contributed by atoms with Gasteiger partial charge < -0.3 is 10.1 Å². The van der Waals surface area contributed by atoms with Crippen LogP contribution in [-0.2, 0) is 4.74 Å². The largest absolute Gasteiger partial charge is 0.389 e. The molecular weight excluding hydrogens is 207 g/mol. The van der Waals surface area contributed by atoms with Gasteiger partial charge in [0, 0.05) is 19.1 Å². The lowest BCUT2D eigenvalue weighted by atomic mass is 10.1. The molecule has 2 nitrogen and oxygen atoms in total. The first-order chi connectivity index (χ1) is 7.08. The van der Waals surface area contributed by atoms with Crippen molar-refractivity contribution in [2.24, 2.45) is 0 Å². The van der Waals surface area contributed by atoms with Crippen LogP contribution < -0.4 is 5.32 Å². The molecule has 0 amide bonds. The standard InChI is InChI=1S/C10H18F3NO/c11-10(12,13)5-3-7-15-8-9-4-1-2-6-14-9/h9,14H,1-8H2. The van der Waals surface area contributed by atoms with Gasteiger partial charge in [0.1, 0.15) is 0 Å². The molecule has 1 N–H and O–H groups in total. The van der Waals surface area contributed by atoms with Crippen LogP contribution in [0.15, 0.2) is 0 Å². The summed E-state index contributed by atoms with van der Waals surface area (Å²) in [6, 6.07) is 0.338. The summed E-state index contributed by atoms with van der Waals surface area (Å²) < 4.78 is 40.5. The van der Waals surface area contributed by atoms with Crippen LogP contribution in [0.3, 0.4) is 0 Å². The van der Waals surface area contributed by atoms with Crippen molar-refractivity contribution in [2.75, 3.05) is 19.8 Å². The Bertz CT molecular complexity index is 167. The molecule has 0 bridgehead atoms. The Balaban J connectivity index is 1.92. The Kier molecular flexibility index (Phi) is 5.39. The van der Waals surface area contributed by atoms with Gasteiger partial charge in [-0.3, -0.25) is 0 Å². The molecule has 0 aromatic rings. The van der Waals surface area contributed by atoms with E-state index in [1.165, 1.54) is 12.8 Å².